The van der Waals surface area contributed by atoms with Crippen LogP contribution in [-0.2, 0) is 0 Å². The molecule has 0 spiro atoms. The first-order chi connectivity index (χ1) is 9.74. The molecule has 1 aromatic carbocycles. The SMILES string of the molecule is Cc1nc(-c2ccsc2)sc1C(=O)Oc1ccccc1. The maximum atomic E-state index is 12.2. The van der Waals surface area contributed by atoms with E-state index in [0.29, 0.717) is 16.3 Å². The second-order valence-electron chi connectivity index (χ2n) is 4.15. The highest BCUT2D eigenvalue weighted by molar-refractivity contribution is 7.17. The maximum Gasteiger partial charge on any atom is 0.355 e. The van der Waals surface area contributed by atoms with E-state index in [4.69, 9.17) is 4.74 Å². The van der Waals surface area contributed by atoms with Crippen LogP contribution in [0.15, 0.2) is 47.2 Å². The molecule has 0 unspecified atom stereocenters. The molecule has 0 amide bonds. The fraction of sp³-hybridized carbons (Fsp3) is 0.0667. The van der Waals surface area contributed by atoms with Crippen molar-refractivity contribution in [3.63, 3.8) is 0 Å². The molecule has 0 saturated carbocycles. The Morgan fingerprint density at radius 1 is 1.20 bits per heavy atom. The number of aromatic nitrogens is 1. The molecule has 0 saturated heterocycles. The van der Waals surface area contributed by atoms with Gasteiger partial charge in [-0.05, 0) is 30.5 Å². The molecule has 0 aliphatic carbocycles. The highest BCUT2D eigenvalue weighted by atomic mass is 32.1. The molecule has 0 radical (unpaired) electrons. The first-order valence-electron chi connectivity index (χ1n) is 6.01. The minimum absolute atomic E-state index is 0.354. The molecule has 0 bridgehead atoms. The number of aryl methyl sites for hydroxylation is 1. The van der Waals surface area contributed by atoms with Gasteiger partial charge in [0, 0.05) is 10.9 Å². The molecule has 0 aliphatic heterocycles. The highest BCUT2D eigenvalue weighted by Gasteiger charge is 2.18. The lowest BCUT2D eigenvalue weighted by Crippen LogP contribution is -2.07. The van der Waals surface area contributed by atoms with E-state index in [1.807, 2.05) is 41.9 Å². The summed E-state index contributed by atoms with van der Waals surface area (Å²) in [6.45, 7) is 1.83. The van der Waals surface area contributed by atoms with Crippen molar-refractivity contribution in [1.82, 2.24) is 4.98 Å². The number of rotatable bonds is 3. The fourth-order valence-electron chi connectivity index (χ4n) is 1.74. The molecule has 0 aliphatic rings. The Labute approximate surface area is 124 Å². The van der Waals surface area contributed by atoms with Crippen LogP contribution in [0.25, 0.3) is 10.6 Å². The molecule has 20 heavy (non-hydrogen) atoms. The summed E-state index contributed by atoms with van der Waals surface area (Å²) >= 11 is 2.98. The van der Waals surface area contributed by atoms with Gasteiger partial charge in [0.25, 0.3) is 0 Å². The summed E-state index contributed by atoms with van der Waals surface area (Å²) in [6.07, 6.45) is 0. The molecular formula is C15H11NO2S2. The van der Waals surface area contributed by atoms with Crippen LogP contribution in [0.5, 0.6) is 5.75 Å². The zero-order valence-corrected chi connectivity index (χ0v) is 12.3. The van der Waals surface area contributed by atoms with Gasteiger partial charge in [-0.2, -0.15) is 11.3 Å². The molecule has 2 aromatic heterocycles. The number of hydrogen-bond acceptors (Lipinski definition) is 5. The van der Waals surface area contributed by atoms with Gasteiger partial charge in [-0.15, -0.1) is 11.3 Å². The molecule has 3 nitrogen and oxygen atoms in total. The fourth-order valence-corrected chi connectivity index (χ4v) is 3.39. The predicted molar refractivity (Wildman–Crippen MR) is 81.6 cm³/mol. The monoisotopic (exact) mass is 301 g/mol. The van der Waals surface area contributed by atoms with Crippen LogP contribution in [0.1, 0.15) is 15.4 Å². The van der Waals surface area contributed by atoms with Gasteiger partial charge in [0.15, 0.2) is 0 Å². The Kier molecular flexibility index (Phi) is 3.62. The number of hydrogen-bond donors (Lipinski definition) is 0. The lowest BCUT2D eigenvalue weighted by atomic mass is 10.3. The van der Waals surface area contributed by atoms with Gasteiger partial charge in [-0.25, -0.2) is 9.78 Å². The van der Waals surface area contributed by atoms with Gasteiger partial charge in [0.1, 0.15) is 15.6 Å². The van der Waals surface area contributed by atoms with Crippen molar-refractivity contribution in [2.45, 2.75) is 6.92 Å². The summed E-state index contributed by atoms with van der Waals surface area (Å²) < 4.78 is 5.35. The maximum absolute atomic E-state index is 12.2. The zero-order valence-electron chi connectivity index (χ0n) is 10.7. The van der Waals surface area contributed by atoms with E-state index < -0.39 is 0 Å². The summed E-state index contributed by atoms with van der Waals surface area (Å²) in [4.78, 5) is 17.2. The molecule has 100 valence electrons. The number of benzene rings is 1. The van der Waals surface area contributed by atoms with Crippen molar-refractivity contribution in [2.24, 2.45) is 0 Å². The van der Waals surface area contributed by atoms with Crippen LogP contribution in [0.4, 0.5) is 0 Å². The summed E-state index contributed by atoms with van der Waals surface area (Å²) in [6, 6.07) is 11.1. The third-order valence-corrected chi connectivity index (χ3v) is 4.57. The third kappa shape index (κ3) is 2.64. The van der Waals surface area contributed by atoms with Crippen molar-refractivity contribution in [2.75, 3.05) is 0 Å². The number of nitrogens with zero attached hydrogens (tertiary/aromatic N) is 1. The van der Waals surface area contributed by atoms with E-state index in [-0.39, 0.29) is 5.97 Å². The van der Waals surface area contributed by atoms with Crippen molar-refractivity contribution < 1.29 is 9.53 Å². The number of thiazole rings is 1. The van der Waals surface area contributed by atoms with Gasteiger partial charge in [0.2, 0.25) is 0 Å². The van der Waals surface area contributed by atoms with Crippen LogP contribution in [0, 0.1) is 6.92 Å². The van der Waals surface area contributed by atoms with Crippen molar-refractivity contribution >= 4 is 28.6 Å². The largest absolute Gasteiger partial charge is 0.422 e. The quantitative estimate of drug-likeness (QED) is 0.531. The lowest BCUT2D eigenvalue weighted by Gasteiger charge is -2.01. The van der Waals surface area contributed by atoms with Gasteiger partial charge in [0.05, 0.1) is 5.69 Å². The second-order valence-corrected chi connectivity index (χ2v) is 5.93. The molecule has 3 rings (SSSR count). The smallest absolute Gasteiger partial charge is 0.355 e. The normalized spacial score (nSPS) is 10.4. The summed E-state index contributed by atoms with van der Waals surface area (Å²) in [5.74, 6) is 0.190. The Morgan fingerprint density at radius 3 is 2.70 bits per heavy atom. The molecule has 3 aromatic rings. The number of thiophene rings is 1. The van der Waals surface area contributed by atoms with Crippen molar-refractivity contribution in [3.05, 3.63) is 57.7 Å². The predicted octanol–water partition coefficient (Wildman–Crippen LogP) is 4.40. The van der Waals surface area contributed by atoms with Crippen LogP contribution in [0.2, 0.25) is 0 Å². The molecular weight excluding hydrogens is 290 g/mol. The minimum atomic E-state index is -0.354. The highest BCUT2D eigenvalue weighted by Crippen LogP contribution is 2.30. The zero-order chi connectivity index (χ0) is 13.9. The van der Waals surface area contributed by atoms with Crippen molar-refractivity contribution in [1.29, 1.82) is 0 Å². The molecule has 0 fully saturated rings. The first-order valence-corrected chi connectivity index (χ1v) is 7.77. The molecule has 2 heterocycles. The standard InChI is InChI=1S/C15H11NO2S2/c1-10-13(15(17)18-12-5-3-2-4-6-12)20-14(16-10)11-7-8-19-9-11/h2-9H,1H3. The average molecular weight is 301 g/mol. The Bertz CT molecular complexity index is 718. The first kappa shape index (κ1) is 13.0. The van der Waals surface area contributed by atoms with E-state index in [0.717, 1.165) is 10.6 Å². The van der Waals surface area contributed by atoms with Crippen LogP contribution in [-0.4, -0.2) is 11.0 Å². The number of para-hydroxylation sites is 1. The lowest BCUT2D eigenvalue weighted by molar-refractivity contribution is 0.0739. The number of esters is 1. The van der Waals surface area contributed by atoms with Crippen LogP contribution in [0.3, 0.4) is 0 Å². The van der Waals surface area contributed by atoms with Crippen LogP contribution >= 0.6 is 22.7 Å². The van der Waals surface area contributed by atoms with Crippen molar-refractivity contribution in [3.8, 4) is 16.3 Å². The van der Waals surface area contributed by atoms with E-state index in [1.165, 1.54) is 11.3 Å². The summed E-state index contributed by atoms with van der Waals surface area (Å²) in [5, 5.41) is 4.86. The van der Waals surface area contributed by atoms with Gasteiger partial charge in [-0.3, -0.25) is 0 Å². The van der Waals surface area contributed by atoms with Gasteiger partial charge in [-0.1, -0.05) is 18.2 Å². The van der Waals surface area contributed by atoms with E-state index in [2.05, 4.69) is 4.98 Å². The summed E-state index contributed by atoms with van der Waals surface area (Å²) in [5.41, 5.74) is 1.75. The average Bonchev–Trinajstić information content (AvgIpc) is 3.08. The third-order valence-electron chi connectivity index (χ3n) is 2.70. The Balaban J connectivity index is 1.85. The molecule has 0 atom stereocenters. The number of ether oxygens (including phenoxy) is 1. The second kappa shape index (κ2) is 5.56. The minimum Gasteiger partial charge on any atom is -0.422 e. The van der Waals surface area contributed by atoms with E-state index >= 15 is 0 Å². The molecule has 5 heteroatoms. The topological polar surface area (TPSA) is 39.2 Å². The number of carbonyl (C=O) groups excluding carboxylic acids is 1. The molecule has 0 N–H and O–H groups in total. The van der Waals surface area contributed by atoms with E-state index in [1.54, 1.807) is 23.5 Å². The van der Waals surface area contributed by atoms with Gasteiger partial charge < -0.3 is 4.74 Å². The Hall–Kier alpha value is -1.98. The van der Waals surface area contributed by atoms with Crippen LogP contribution < -0.4 is 4.74 Å². The van der Waals surface area contributed by atoms with E-state index in [9.17, 15) is 4.79 Å². The Morgan fingerprint density at radius 2 is 2.00 bits per heavy atom. The summed E-state index contributed by atoms with van der Waals surface area (Å²) in [7, 11) is 0. The van der Waals surface area contributed by atoms with Gasteiger partial charge >= 0.3 is 5.97 Å². The number of carbonyl (C=O) groups is 1.